The number of hydrogen-bond donors (Lipinski definition) is 2. The number of benzene rings is 1. The summed E-state index contributed by atoms with van der Waals surface area (Å²) < 4.78 is 40.2. The van der Waals surface area contributed by atoms with E-state index in [1.54, 1.807) is 19.1 Å². The molecule has 12 nitrogen and oxygen atoms in total. The number of methoxy groups -OCH3 is 1. The number of sulfonamides is 1. The number of thiazole rings is 1. The van der Waals surface area contributed by atoms with Crippen LogP contribution in [0.15, 0.2) is 35.7 Å². The predicted octanol–water partition coefficient (Wildman–Crippen LogP) is 5.25. The van der Waals surface area contributed by atoms with Gasteiger partial charge in [-0.2, -0.15) is 0 Å². The van der Waals surface area contributed by atoms with Gasteiger partial charge in [0.25, 0.3) is 5.91 Å². The number of amides is 3. The lowest BCUT2D eigenvalue weighted by Crippen LogP contribution is -2.54. The van der Waals surface area contributed by atoms with Gasteiger partial charge in [0.1, 0.15) is 33.8 Å². The summed E-state index contributed by atoms with van der Waals surface area (Å²) >= 11 is 1.51. The molecule has 3 heterocycles. The summed E-state index contributed by atoms with van der Waals surface area (Å²) in [6.45, 7) is 6.69. The third-order valence-electron chi connectivity index (χ3n) is 11.0. The zero-order valence-electron chi connectivity index (χ0n) is 30.3. The van der Waals surface area contributed by atoms with Gasteiger partial charge in [-0.05, 0) is 76.3 Å². The lowest BCUT2D eigenvalue weighted by molar-refractivity contribution is -0.140. The average molecular weight is 750 g/mol. The van der Waals surface area contributed by atoms with Gasteiger partial charge in [-0.1, -0.05) is 26.0 Å². The summed E-state index contributed by atoms with van der Waals surface area (Å²) in [6, 6.07) is 5.66. The highest BCUT2D eigenvalue weighted by atomic mass is 32.2. The number of hydrogen-bond acceptors (Lipinski definition) is 10. The number of fused-ring (bicyclic) bond motifs is 3. The molecule has 3 fully saturated rings. The van der Waals surface area contributed by atoms with Crippen molar-refractivity contribution in [3.05, 3.63) is 47.0 Å². The van der Waals surface area contributed by atoms with Crippen LogP contribution in [0.3, 0.4) is 0 Å². The van der Waals surface area contributed by atoms with Crippen LogP contribution in [0.25, 0.3) is 21.6 Å². The van der Waals surface area contributed by atoms with Crippen LogP contribution in [-0.4, -0.2) is 78.6 Å². The quantitative estimate of drug-likeness (QED) is 0.294. The molecule has 1 unspecified atom stereocenters. The Bertz CT molecular complexity index is 2040. The van der Waals surface area contributed by atoms with Crippen LogP contribution < -0.4 is 19.5 Å². The molecule has 3 aromatic rings. The number of nitrogens with one attached hydrogen (secondary N) is 2. The van der Waals surface area contributed by atoms with Crippen molar-refractivity contribution in [2.24, 2.45) is 17.8 Å². The van der Waals surface area contributed by atoms with Crippen molar-refractivity contribution in [1.82, 2.24) is 24.9 Å². The van der Waals surface area contributed by atoms with Gasteiger partial charge < -0.3 is 19.7 Å². The minimum Gasteiger partial charge on any atom is -0.496 e. The molecule has 7 rings (SSSR count). The number of pyridine rings is 1. The second-order valence-corrected chi connectivity index (χ2v) is 17.9. The molecular weight excluding hydrogens is 703 g/mol. The van der Waals surface area contributed by atoms with Crippen LogP contribution in [0.1, 0.15) is 82.4 Å². The van der Waals surface area contributed by atoms with Crippen molar-refractivity contribution in [3.63, 3.8) is 0 Å². The fourth-order valence-corrected chi connectivity index (χ4v) is 9.85. The number of allylic oxidation sites excluding steroid dienone is 1. The van der Waals surface area contributed by atoms with Crippen molar-refractivity contribution < 1.29 is 32.3 Å². The number of carbonyl (C=O) groups excluding carboxylic acids is 3. The van der Waals surface area contributed by atoms with Crippen LogP contribution in [0.5, 0.6) is 11.5 Å². The van der Waals surface area contributed by atoms with Crippen molar-refractivity contribution in [2.75, 3.05) is 20.7 Å². The van der Waals surface area contributed by atoms with Gasteiger partial charge in [0.05, 0.1) is 35.4 Å². The first-order valence-corrected chi connectivity index (χ1v) is 20.6. The van der Waals surface area contributed by atoms with E-state index >= 15 is 0 Å². The number of rotatable bonds is 8. The molecule has 0 bridgehead atoms. The average Bonchev–Trinajstić information content (AvgIpc) is 3.98. The Morgan fingerprint density at radius 3 is 2.60 bits per heavy atom. The zero-order chi connectivity index (χ0) is 36.9. The van der Waals surface area contributed by atoms with E-state index in [1.807, 2.05) is 42.7 Å². The number of nitrogens with zero attached hydrogens (tertiary/aromatic N) is 3. The van der Waals surface area contributed by atoms with Gasteiger partial charge in [0.15, 0.2) is 0 Å². The molecule has 3 amide bonds. The van der Waals surface area contributed by atoms with E-state index < -0.39 is 50.6 Å². The Morgan fingerprint density at radius 2 is 1.88 bits per heavy atom. The second kappa shape index (κ2) is 14.1. The molecule has 1 aliphatic heterocycles. The number of aryl methyl sites for hydroxylation is 1. The maximum Gasteiger partial charge on any atom is 0.259 e. The number of carbonyl (C=O) groups is 3. The maximum atomic E-state index is 14.3. The molecule has 3 saturated carbocycles. The lowest BCUT2D eigenvalue weighted by Gasteiger charge is -2.26. The summed E-state index contributed by atoms with van der Waals surface area (Å²) in [6.07, 6.45) is 7.61. The van der Waals surface area contributed by atoms with Crippen LogP contribution in [0, 0.1) is 24.7 Å². The largest absolute Gasteiger partial charge is 0.496 e. The Morgan fingerprint density at radius 1 is 1.12 bits per heavy atom. The molecule has 2 aromatic heterocycles. The van der Waals surface area contributed by atoms with E-state index in [4.69, 9.17) is 19.4 Å². The Labute approximate surface area is 308 Å². The minimum atomic E-state index is -3.83. The third kappa shape index (κ3) is 7.03. The molecule has 0 saturated heterocycles. The number of aromatic nitrogens is 2. The molecule has 52 heavy (non-hydrogen) atoms. The lowest BCUT2D eigenvalue weighted by atomic mass is 9.93. The van der Waals surface area contributed by atoms with E-state index in [0.717, 1.165) is 40.9 Å². The predicted molar refractivity (Wildman–Crippen MR) is 199 cm³/mol. The SMILES string of the molecule is COc1ccc2c(O[C@H]3CC4C(=O)N(C)CCCC/C=C/[C@@H]5C[C@@]5(C(=O)NS(=O)(=O)C5CC5)NC(=O)[C@@H]4C3)cc(-c3nc(C(C)C)cs3)nc2c1C. The molecule has 3 aliphatic carbocycles. The zero-order valence-corrected chi connectivity index (χ0v) is 31.9. The van der Waals surface area contributed by atoms with Gasteiger partial charge in [-0.25, -0.2) is 18.4 Å². The van der Waals surface area contributed by atoms with Crippen LogP contribution in [0.2, 0.25) is 0 Å². The summed E-state index contributed by atoms with van der Waals surface area (Å²) in [4.78, 5) is 53.5. The van der Waals surface area contributed by atoms with Gasteiger partial charge in [-0.3, -0.25) is 19.1 Å². The maximum absolute atomic E-state index is 14.3. The van der Waals surface area contributed by atoms with Crippen LogP contribution in [0.4, 0.5) is 0 Å². The van der Waals surface area contributed by atoms with Crippen molar-refractivity contribution in [2.45, 2.75) is 94.9 Å². The van der Waals surface area contributed by atoms with Crippen LogP contribution >= 0.6 is 11.3 Å². The van der Waals surface area contributed by atoms with Crippen molar-refractivity contribution >= 4 is 50.0 Å². The Kier molecular flexibility index (Phi) is 9.83. The van der Waals surface area contributed by atoms with Gasteiger partial charge >= 0.3 is 0 Å². The molecule has 4 aliphatic rings. The van der Waals surface area contributed by atoms with Gasteiger partial charge in [0, 0.05) is 41.9 Å². The van der Waals surface area contributed by atoms with Crippen molar-refractivity contribution in [3.8, 4) is 22.2 Å². The van der Waals surface area contributed by atoms with Gasteiger partial charge in [-0.15, -0.1) is 11.3 Å². The normalized spacial score (nSPS) is 27.4. The topological polar surface area (TPSA) is 157 Å². The first-order chi connectivity index (χ1) is 24.8. The highest BCUT2D eigenvalue weighted by Gasteiger charge is 2.62. The molecular formula is C38H47N5O7S2. The molecule has 2 N–H and O–H groups in total. The summed E-state index contributed by atoms with van der Waals surface area (Å²) in [7, 11) is -0.445. The molecule has 0 radical (unpaired) electrons. The first-order valence-electron chi connectivity index (χ1n) is 18.2. The summed E-state index contributed by atoms with van der Waals surface area (Å²) in [5, 5.41) is 5.95. The molecule has 1 aromatic carbocycles. The minimum absolute atomic E-state index is 0.147. The fourth-order valence-electron chi connectivity index (χ4n) is 7.55. The monoisotopic (exact) mass is 749 g/mol. The van der Waals surface area contributed by atoms with E-state index in [1.165, 1.54) is 11.3 Å². The van der Waals surface area contributed by atoms with Crippen molar-refractivity contribution in [1.29, 1.82) is 0 Å². The molecule has 278 valence electrons. The van der Waals surface area contributed by atoms with Crippen LogP contribution in [-0.2, 0) is 24.4 Å². The Hall–Kier alpha value is -4.04. The molecule has 14 heteroatoms. The van der Waals surface area contributed by atoms with E-state index in [2.05, 4.69) is 23.9 Å². The second-order valence-electron chi connectivity index (χ2n) is 15.1. The van der Waals surface area contributed by atoms with E-state index in [0.29, 0.717) is 48.5 Å². The first kappa shape index (κ1) is 36.3. The van der Waals surface area contributed by atoms with E-state index in [9.17, 15) is 22.8 Å². The summed E-state index contributed by atoms with van der Waals surface area (Å²) in [5.41, 5.74) is 1.79. The summed E-state index contributed by atoms with van der Waals surface area (Å²) in [5.74, 6) is -1.63. The standard InChI is InChI=1S/C38H47N5O7S2/c1-21(2)30-20-51-35(40-30)29-18-32(26-13-14-31(49-5)22(3)33(26)39-29)50-24-16-27-28(17-24)36(45)43(4)15-9-7-6-8-10-23-19-38(23,41-34(27)44)37(46)42-52(47,48)25-11-12-25/h8,10,13-14,18,20-21,23-25,27-28H,6-7,9,11-12,15-17,19H2,1-5H3,(H,41,44)(H,42,46)/b10-8+/t23-,24-,27-,28?,38-/m1/s1. The third-order valence-corrected chi connectivity index (χ3v) is 13.7. The Balaban J connectivity index is 1.21. The molecule has 5 atom stereocenters. The molecule has 0 spiro atoms. The number of ether oxygens (including phenoxy) is 2. The highest BCUT2D eigenvalue weighted by molar-refractivity contribution is 7.91. The van der Waals surface area contributed by atoms with E-state index in [-0.39, 0.29) is 30.6 Å². The highest BCUT2D eigenvalue weighted by Crippen LogP contribution is 2.47. The van der Waals surface area contributed by atoms with Gasteiger partial charge in [0.2, 0.25) is 21.8 Å². The fraction of sp³-hybridized carbons (Fsp3) is 0.553. The smallest absolute Gasteiger partial charge is 0.259 e.